The fraction of sp³-hybridized carbons (Fsp3) is 0.105. The summed E-state index contributed by atoms with van der Waals surface area (Å²) in [5.74, 6) is -0.285. The zero-order valence-corrected chi connectivity index (χ0v) is 14.1. The van der Waals surface area contributed by atoms with Crippen molar-refractivity contribution in [3.63, 3.8) is 0 Å². The lowest BCUT2D eigenvalue weighted by Gasteiger charge is -2.06. The molecule has 0 saturated heterocycles. The summed E-state index contributed by atoms with van der Waals surface area (Å²) in [6.07, 6.45) is 0.747. The van der Waals surface area contributed by atoms with E-state index in [0.717, 1.165) is 6.42 Å². The van der Waals surface area contributed by atoms with Crippen molar-refractivity contribution in [2.75, 3.05) is 6.54 Å². The van der Waals surface area contributed by atoms with Gasteiger partial charge in [0.05, 0.1) is 5.39 Å². The second kappa shape index (κ2) is 6.49. The van der Waals surface area contributed by atoms with E-state index < -0.39 is 0 Å². The van der Waals surface area contributed by atoms with Gasteiger partial charge in [-0.05, 0) is 34.9 Å². The molecule has 124 valence electrons. The zero-order chi connectivity index (χ0) is 17.2. The lowest BCUT2D eigenvalue weighted by molar-refractivity contribution is 0.0950. The van der Waals surface area contributed by atoms with Crippen LogP contribution in [0.2, 0.25) is 0 Å². The van der Waals surface area contributed by atoms with E-state index in [9.17, 15) is 9.59 Å². The molecule has 0 bridgehead atoms. The molecular weight excluding hydrogens is 334 g/mol. The fourth-order valence-electron chi connectivity index (χ4n) is 2.91. The smallest absolute Gasteiger partial charge is 0.272 e. The van der Waals surface area contributed by atoms with Crippen molar-refractivity contribution >= 4 is 38.1 Å². The standard InChI is InChI=1S/C19H15N3O2S/c23-18-15-7-2-1-6-14(15)17(21-22-18)19(24)20-10-9-12-11-25-16-8-4-3-5-13(12)16/h1-8,11H,9-10H2,(H,20,24)(H,22,23). The highest BCUT2D eigenvalue weighted by molar-refractivity contribution is 7.17. The minimum atomic E-state index is -0.295. The first-order valence-electron chi connectivity index (χ1n) is 7.95. The van der Waals surface area contributed by atoms with E-state index in [0.29, 0.717) is 17.3 Å². The fourth-order valence-corrected chi connectivity index (χ4v) is 3.91. The molecule has 0 aliphatic heterocycles. The Bertz CT molecular complexity index is 1130. The largest absolute Gasteiger partial charge is 0.350 e. The van der Waals surface area contributed by atoms with Gasteiger partial charge in [-0.3, -0.25) is 9.59 Å². The molecule has 2 heterocycles. The second-order valence-electron chi connectivity index (χ2n) is 5.71. The Labute approximate surface area is 147 Å². The first-order chi connectivity index (χ1) is 12.2. The summed E-state index contributed by atoms with van der Waals surface area (Å²) >= 11 is 1.71. The number of carbonyl (C=O) groups excluding carboxylic acids is 1. The highest BCUT2D eigenvalue weighted by Crippen LogP contribution is 2.25. The predicted molar refractivity (Wildman–Crippen MR) is 100 cm³/mol. The van der Waals surface area contributed by atoms with E-state index in [1.165, 1.54) is 15.6 Å². The summed E-state index contributed by atoms with van der Waals surface area (Å²) < 4.78 is 1.25. The van der Waals surface area contributed by atoms with Crippen LogP contribution in [0.25, 0.3) is 20.9 Å². The van der Waals surface area contributed by atoms with Gasteiger partial charge in [-0.25, -0.2) is 5.10 Å². The molecule has 0 unspecified atom stereocenters. The summed E-state index contributed by atoms with van der Waals surface area (Å²) in [6, 6.07) is 15.2. The summed E-state index contributed by atoms with van der Waals surface area (Å²) in [6.45, 7) is 0.509. The highest BCUT2D eigenvalue weighted by Gasteiger charge is 2.13. The number of nitrogens with zero attached hydrogens (tertiary/aromatic N) is 1. The number of hydrogen-bond donors (Lipinski definition) is 2. The van der Waals surface area contributed by atoms with Crippen LogP contribution in [0.4, 0.5) is 0 Å². The van der Waals surface area contributed by atoms with Crippen LogP contribution in [0.15, 0.2) is 58.7 Å². The van der Waals surface area contributed by atoms with Crippen LogP contribution in [-0.4, -0.2) is 22.6 Å². The monoisotopic (exact) mass is 349 g/mol. The number of aromatic amines is 1. The van der Waals surface area contributed by atoms with Crippen LogP contribution in [0.1, 0.15) is 16.1 Å². The van der Waals surface area contributed by atoms with Gasteiger partial charge in [-0.1, -0.05) is 36.4 Å². The Morgan fingerprint density at radius 2 is 1.76 bits per heavy atom. The maximum absolute atomic E-state index is 12.5. The lowest BCUT2D eigenvalue weighted by atomic mass is 10.1. The van der Waals surface area contributed by atoms with Crippen molar-refractivity contribution in [3.8, 4) is 0 Å². The first-order valence-corrected chi connectivity index (χ1v) is 8.83. The molecule has 0 aliphatic rings. The van der Waals surface area contributed by atoms with Gasteiger partial charge in [-0.2, -0.15) is 5.10 Å². The maximum atomic E-state index is 12.5. The molecule has 4 rings (SSSR count). The SMILES string of the molecule is O=C(NCCc1csc2ccccc12)c1n[nH]c(=O)c2ccccc12. The molecule has 2 aromatic heterocycles. The zero-order valence-electron chi connectivity index (χ0n) is 13.3. The molecule has 4 aromatic rings. The van der Waals surface area contributed by atoms with Crippen LogP contribution in [0, 0.1) is 0 Å². The average Bonchev–Trinajstić information content (AvgIpc) is 3.05. The maximum Gasteiger partial charge on any atom is 0.272 e. The molecule has 0 spiro atoms. The van der Waals surface area contributed by atoms with Gasteiger partial charge in [0, 0.05) is 16.6 Å². The highest BCUT2D eigenvalue weighted by atomic mass is 32.1. The van der Waals surface area contributed by atoms with Gasteiger partial charge in [0.15, 0.2) is 5.69 Å². The number of fused-ring (bicyclic) bond motifs is 2. The molecule has 25 heavy (non-hydrogen) atoms. The molecule has 0 atom stereocenters. The Hall–Kier alpha value is -2.99. The Kier molecular flexibility index (Phi) is 4.03. The van der Waals surface area contributed by atoms with E-state index in [4.69, 9.17) is 0 Å². The molecule has 1 amide bonds. The molecule has 5 nitrogen and oxygen atoms in total. The van der Waals surface area contributed by atoms with Crippen LogP contribution in [0.3, 0.4) is 0 Å². The summed E-state index contributed by atoms with van der Waals surface area (Å²) in [5.41, 5.74) is 1.17. The number of rotatable bonds is 4. The van der Waals surface area contributed by atoms with Crippen LogP contribution in [-0.2, 0) is 6.42 Å². The molecule has 0 radical (unpaired) electrons. The third-order valence-electron chi connectivity index (χ3n) is 4.15. The number of thiophene rings is 1. The first kappa shape index (κ1) is 15.5. The normalized spacial score (nSPS) is 11.0. The number of carbonyl (C=O) groups is 1. The lowest BCUT2D eigenvalue weighted by Crippen LogP contribution is -2.28. The minimum Gasteiger partial charge on any atom is -0.350 e. The average molecular weight is 349 g/mol. The number of amides is 1. The van der Waals surface area contributed by atoms with Crippen molar-refractivity contribution < 1.29 is 4.79 Å². The van der Waals surface area contributed by atoms with Crippen molar-refractivity contribution in [1.82, 2.24) is 15.5 Å². The van der Waals surface area contributed by atoms with Gasteiger partial charge in [0.25, 0.3) is 11.5 Å². The van der Waals surface area contributed by atoms with E-state index in [2.05, 4.69) is 33.0 Å². The Morgan fingerprint density at radius 1 is 1.04 bits per heavy atom. The third-order valence-corrected chi connectivity index (χ3v) is 5.16. The molecular formula is C19H15N3O2S. The molecule has 0 fully saturated rings. The van der Waals surface area contributed by atoms with Crippen molar-refractivity contribution in [2.45, 2.75) is 6.42 Å². The number of nitrogens with one attached hydrogen (secondary N) is 2. The Balaban J connectivity index is 1.51. The predicted octanol–water partition coefficient (Wildman–Crippen LogP) is 3.11. The number of aromatic nitrogens is 2. The van der Waals surface area contributed by atoms with Crippen molar-refractivity contribution in [3.05, 3.63) is 75.5 Å². The summed E-state index contributed by atoms with van der Waals surface area (Å²) in [5, 5.41) is 13.6. The van der Waals surface area contributed by atoms with Gasteiger partial charge in [0.1, 0.15) is 0 Å². The number of hydrogen-bond acceptors (Lipinski definition) is 4. The van der Waals surface area contributed by atoms with E-state index in [-0.39, 0.29) is 17.2 Å². The van der Waals surface area contributed by atoms with Crippen molar-refractivity contribution in [1.29, 1.82) is 0 Å². The Morgan fingerprint density at radius 3 is 2.60 bits per heavy atom. The molecule has 0 aliphatic carbocycles. The molecule has 2 aromatic carbocycles. The van der Waals surface area contributed by atoms with Gasteiger partial charge < -0.3 is 5.32 Å². The molecule has 2 N–H and O–H groups in total. The van der Waals surface area contributed by atoms with Crippen molar-refractivity contribution in [2.24, 2.45) is 0 Å². The quantitative estimate of drug-likeness (QED) is 0.594. The topological polar surface area (TPSA) is 74.8 Å². The summed E-state index contributed by atoms with van der Waals surface area (Å²) in [7, 11) is 0. The van der Waals surface area contributed by atoms with Crippen LogP contribution >= 0.6 is 11.3 Å². The number of H-pyrrole nitrogens is 1. The van der Waals surface area contributed by atoms with Gasteiger partial charge in [-0.15, -0.1) is 11.3 Å². The molecule has 0 saturated carbocycles. The summed E-state index contributed by atoms with van der Waals surface area (Å²) in [4.78, 5) is 24.3. The van der Waals surface area contributed by atoms with Gasteiger partial charge in [0.2, 0.25) is 0 Å². The van der Waals surface area contributed by atoms with Crippen LogP contribution in [0.5, 0.6) is 0 Å². The van der Waals surface area contributed by atoms with E-state index in [1.54, 1.807) is 35.6 Å². The van der Waals surface area contributed by atoms with Crippen LogP contribution < -0.4 is 10.9 Å². The van der Waals surface area contributed by atoms with Gasteiger partial charge >= 0.3 is 0 Å². The number of benzene rings is 2. The van der Waals surface area contributed by atoms with E-state index in [1.807, 2.05) is 12.1 Å². The second-order valence-corrected chi connectivity index (χ2v) is 6.62. The third kappa shape index (κ3) is 2.92. The molecule has 6 heteroatoms. The van der Waals surface area contributed by atoms with E-state index >= 15 is 0 Å². The minimum absolute atomic E-state index is 0.241.